The molecule has 2 nitrogen and oxygen atoms in total. The molecule has 0 spiro atoms. The Kier molecular flexibility index (Phi) is 8.68. The number of allylic oxidation sites excluding steroid dienone is 4. The summed E-state index contributed by atoms with van der Waals surface area (Å²) in [4.78, 5) is 2.42. The summed E-state index contributed by atoms with van der Waals surface area (Å²) in [6.45, 7) is 4.15. The first-order valence-electron chi connectivity index (χ1n) is 20.4. The lowest BCUT2D eigenvalue weighted by atomic mass is 9.97. The Morgan fingerprint density at radius 1 is 0.467 bits per heavy atom. The van der Waals surface area contributed by atoms with E-state index in [1.807, 2.05) is 6.08 Å². The third kappa shape index (κ3) is 6.06. The molecule has 0 aliphatic rings. The number of furan rings is 1. The molecule has 0 fully saturated rings. The second kappa shape index (κ2) is 14.8. The molecule has 0 aliphatic carbocycles. The standard InChI is InChI=1S/C58H39NO/c1-2-40(46-24-12-19-41-15-3-6-20-47(41)46)18-11-14-39-28-33-45(34-29-39)59(56-27-13-25-51-48-21-7-4-16-42(48)30-35-52(51)56)55-26-10-9-22-49(55)44-32-37-57-54(38-44)53-36-31-43-17-5-8-23-50(43)58(53)60-57/h2-38H,1H2/b14-11+,40-18+. The molecule has 0 aliphatic heterocycles. The maximum absolute atomic E-state index is 6.53. The molecule has 11 rings (SSSR count). The molecule has 0 unspecified atom stereocenters. The summed E-state index contributed by atoms with van der Waals surface area (Å²) in [6.07, 6.45) is 8.37. The quantitative estimate of drug-likeness (QED) is 0.113. The SMILES string of the molecule is C=C/C(=C\C=C\c1ccc(N(c2ccccc2-c2ccc3oc4c5ccccc5ccc4c3c2)c2cccc3c2ccc2ccccc23)cc1)c1cccc2ccccc12. The van der Waals surface area contributed by atoms with Crippen molar-refractivity contribution in [3.63, 3.8) is 0 Å². The van der Waals surface area contributed by atoms with Crippen molar-refractivity contribution >= 4 is 93.7 Å². The number of rotatable bonds is 8. The van der Waals surface area contributed by atoms with E-state index in [1.165, 1.54) is 43.3 Å². The van der Waals surface area contributed by atoms with E-state index in [1.54, 1.807) is 0 Å². The van der Waals surface area contributed by atoms with Crippen LogP contribution in [-0.2, 0) is 0 Å². The summed E-state index contributed by atoms with van der Waals surface area (Å²) in [5.41, 5.74) is 10.7. The van der Waals surface area contributed by atoms with Crippen LogP contribution >= 0.6 is 0 Å². The fourth-order valence-electron chi connectivity index (χ4n) is 8.95. The highest BCUT2D eigenvalue weighted by Crippen LogP contribution is 2.45. The number of nitrogens with zero attached hydrogens (tertiary/aromatic N) is 1. The highest BCUT2D eigenvalue weighted by atomic mass is 16.3. The van der Waals surface area contributed by atoms with Gasteiger partial charge < -0.3 is 9.32 Å². The van der Waals surface area contributed by atoms with Crippen molar-refractivity contribution in [2.45, 2.75) is 0 Å². The van der Waals surface area contributed by atoms with Gasteiger partial charge in [-0.25, -0.2) is 0 Å². The Labute approximate surface area is 348 Å². The Hall–Kier alpha value is -7.94. The van der Waals surface area contributed by atoms with Crippen LogP contribution in [0.25, 0.3) is 87.8 Å². The van der Waals surface area contributed by atoms with E-state index in [4.69, 9.17) is 4.42 Å². The number of anilines is 3. The van der Waals surface area contributed by atoms with E-state index >= 15 is 0 Å². The first kappa shape index (κ1) is 35.2. The Morgan fingerprint density at radius 3 is 1.92 bits per heavy atom. The molecule has 2 heteroatoms. The van der Waals surface area contributed by atoms with Crippen LogP contribution in [0.3, 0.4) is 0 Å². The van der Waals surface area contributed by atoms with Gasteiger partial charge in [0, 0.05) is 32.8 Å². The van der Waals surface area contributed by atoms with Crippen LogP contribution in [0, 0.1) is 0 Å². The van der Waals surface area contributed by atoms with Crippen LogP contribution in [0.15, 0.2) is 229 Å². The van der Waals surface area contributed by atoms with E-state index in [0.29, 0.717) is 0 Å². The van der Waals surface area contributed by atoms with E-state index in [2.05, 4.69) is 230 Å². The molecule has 10 aromatic carbocycles. The monoisotopic (exact) mass is 765 g/mol. The minimum absolute atomic E-state index is 0.885. The van der Waals surface area contributed by atoms with E-state index < -0.39 is 0 Å². The zero-order valence-corrected chi connectivity index (χ0v) is 32.9. The zero-order valence-electron chi connectivity index (χ0n) is 32.9. The van der Waals surface area contributed by atoms with Crippen LogP contribution in [0.5, 0.6) is 0 Å². The second-order valence-corrected chi connectivity index (χ2v) is 15.3. The molecule has 0 saturated heterocycles. The molecule has 0 bridgehead atoms. The number of hydrogen-bond acceptors (Lipinski definition) is 2. The van der Waals surface area contributed by atoms with Gasteiger partial charge in [0.1, 0.15) is 11.2 Å². The predicted octanol–water partition coefficient (Wildman–Crippen LogP) is 16.6. The average molecular weight is 766 g/mol. The summed E-state index contributed by atoms with van der Waals surface area (Å²) in [5.74, 6) is 0. The minimum atomic E-state index is 0.885. The summed E-state index contributed by atoms with van der Waals surface area (Å²) < 4.78 is 6.53. The zero-order chi connectivity index (χ0) is 40.0. The first-order chi connectivity index (χ1) is 29.7. The first-order valence-corrected chi connectivity index (χ1v) is 20.4. The van der Waals surface area contributed by atoms with Crippen molar-refractivity contribution < 1.29 is 4.42 Å². The van der Waals surface area contributed by atoms with Crippen molar-refractivity contribution in [2.24, 2.45) is 0 Å². The number of benzene rings is 10. The van der Waals surface area contributed by atoms with Crippen LogP contribution in [0.2, 0.25) is 0 Å². The minimum Gasteiger partial charge on any atom is -0.455 e. The molecule has 1 heterocycles. The van der Waals surface area contributed by atoms with Crippen molar-refractivity contribution in [1.29, 1.82) is 0 Å². The maximum atomic E-state index is 6.53. The van der Waals surface area contributed by atoms with E-state index in [0.717, 1.165) is 66.7 Å². The van der Waals surface area contributed by atoms with Gasteiger partial charge in [0.05, 0.1) is 11.4 Å². The molecule has 11 aromatic rings. The highest BCUT2D eigenvalue weighted by molar-refractivity contribution is 6.16. The lowest BCUT2D eigenvalue weighted by Gasteiger charge is -2.29. The van der Waals surface area contributed by atoms with E-state index in [-0.39, 0.29) is 0 Å². The third-order valence-corrected chi connectivity index (χ3v) is 11.9. The summed E-state index contributed by atoms with van der Waals surface area (Å²) in [7, 11) is 0. The lowest BCUT2D eigenvalue weighted by Crippen LogP contribution is -2.11. The Balaban J connectivity index is 1.04. The molecular weight excluding hydrogens is 727 g/mol. The van der Waals surface area contributed by atoms with Crippen LogP contribution in [0.1, 0.15) is 11.1 Å². The van der Waals surface area contributed by atoms with Crippen molar-refractivity contribution in [1.82, 2.24) is 0 Å². The molecule has 282 valence electrons. The molecule has 0 radical (unpaired) electrons. The fraction of sp³-hybridized carbons (Fsp3) is 0. The van der Waals surface area contributed by atoms with Crippen molar-refractivity contribution in [3.05, 3.63) is 236 Å². The van der Waals surface area contributed by atoms with Crippen LogP contribution in [0.4, 0.5) is 17.1 Å². The number of para-hydroxylation sites is 1. The molecule has 0 saturated carbocycles. The van der Waals surface area contributed by atoms with Gasteiger partial charge in [-0.2, -0.15) is 0 Å². The number of hydrogen-bond donors (Lipinski definition) is 0. The third-order valence-electron chi connectivity index (χ3n) is 11.9. The molecule has 0 amide bonds. The predicted molar refractivity (Wildman–Crippen MR) is 258 cm³/mol. The Bertz CT molecular complexity index is 3510. The van der Waals surface area contributed by atoms with Gasteiger partial charge in [-0.1, -0.05) is 189 Å². The molecule has 0 atom stereocenters. The van der Waals surface area contributed by atoms with Crippen LogP contribution in [-0.4, -0.2) is 0 Å². The van der Waals surface area contributed by atoms with Gasteiger partial charge in [-0.3, -0.25) is 0 Å². The van der Waals surface area contributed by atoms with E-state index in [9.17, 15) is 0 Å². The summed E-state index contributed by atoms with van der Waals surface area (Å²) >= 11 is 0. The molecule has 1 aromatic heterocycles. The van der Waals surface area contributed by atoms with Crippen molar-refractivity contribution in [3.8, 4) is 11.1 Å². The number of fused-ring (bicyclic) bond motifs is 9. The molecule has 60 heavy (non-hydrogen) atoms. The van der Waals surface area contributed by atoms with Gasteiger partial charge in [0.25, 0.3) is 0 Å². The maximum Gasteiger partial charge on any atom is 0.143 e. The second-order valence-electron chi connectivity index (χ2n) is 15.3. The topological polar surface area (TPSA) is 16.4 Å². The lowest BCUT2D eigenvalue weighted by molar-refractivity contribution is 0.672. The summed E-state index contributed by atoms with van der Waals surface area (Å²) in [5, 5.41) is 11.9. The average Bonchev–Trinajstić information content (AvgIpc) is 3.70. The highest BCUT2D eigenvalue weighted by Gasteiger charge is 2.21. The van der Waals surface area contributed by atoms with Crippen molar-refractivity contribution in [2.75, 3.05) is 4.90 Å². The van der Waals surface area contributed by atoms with Gasteiger partial charge in [-0.05, 0) is 97.0 Å². The largest absolute Gasteiger partial charge is 0.455 e. The smallest absolute Gasteiger partial charge is 0.143 e. The van der Waals surface area contributed by atoms with Gasteiger partial charge in [-0.15, -0.1) is 0 Å². The van der Waals surface area contributed by atoms with Gasteiger partial charge >= 0.3 is 0 Å². The molecular formula is C58H39NO. The van der Waals surface area contributed by atoms with Crippen LogP contribution < -0.4 is 4.90 Å². The molecule has 0 N–H and O–H groups in total. The normalized spacial score (nSPS) is 12.1. The fourth-order valence-corrected chi connectivity index (χ4v) is 8.95. The summed E-state index contributed by atoms with van der Waals surface area (Å²) in [6, 6.07) is 71.8. The Morgan fingerprint density at radius 2 is 1.10 bits per heavy atom. The van der Waals surface area contributed by atoms with Gasteiger partial charge in [0.15, 0.2) is 0 Å². The van der Waals surface area contributed by atoms with Gasteiger partial charge in [0.2, 0.25) is 0 Å².